The van der Waals surface area contributed by atoms with Crippen LogP contribution in [0.2, 0.25) is 5.02 Å². The molecule has 1 N–H and O–H groups in total. The lowest BCUT2D eigenvalue weighted by Gasteiger charge is -2.15. The lowest BCUT2D eigenvalue weighted by atomic mass is 10.1. The highest BCUT2D eigenvalue weighted by atomic mass is 35.5. The summed E-state index contributed by atoms with van der Waals surface area (Å²) in [5.41, 5.74) is 1.21. The summed E-state index contributed by atoms with van der Waals surface area (Å²) in [7, 11) is 0. The van der Waals surface area contributed by atoms with Crippen LogP contribution < -0.4 is 14.8 Å². The zero-order chi connectivity index (χ0) is 23.8. The molecule has 0 aliphatic heterocycles. The molecule has 5 nitrogen and oxygen atoms in total. The summed E-state index contributed by atoms with van der Waals surface area (Å²) in [6.45, 7) is 2.16. The second kappa shape index (κ2) is 11.1. The van der Waals surface area contributed by atoms with Crippen molar-refractivity contribution in [3.63, 3.8) is 0 Å². The van der Waals surface area contributed by atoms with E-state index in [1.165, 1.54) is 48.5 Å². The van der Waals surface area contributed by atoms with Gasteiger partial charge in [0.05, 0.1) is 11.6 Å². The molecule has 0 heterocycles. The monoisotopic (exact) mass is 468 g/mol. The first-order valence-electron chi connectivity index (χ1n) is 9.92. The van der Waals surface area contributed by atoms with Gasteiger partial charge in [-0.3, -0.25) is 4.79 Å². The third-order valence-corrected chi connectivity index (χ3v) is 4.66. The normalized spacial score (nSPS) is 10.9. The average Bonchev–Trinajstić information content (AvgIpc) is 2.78. The summed E-state index contributed by atoms with van der Waals surface area (Å²) in [6, 6.07) is 16.1. The topological polar surface area (TPSA) is 71.3 Å². The first kappa shape index (κ1) is 23.8. The Kier molecular flexibility index (Phi) is 8.01. The molecule has 3 aromatic rings. The van der Waals surface area contributed by atoms with Crippen LogP contribution in [-0.2, 0) is 11.4 Å². The molecule has 8 heteroatoms. The Morgan fingerprint density at radius 1 is 1.09 bits per heavy atom. The van der Waals surface area contributed by atoms with Crippen molar-refractivity contribution in [1.82, 2.24) is 0 Å². The first-order valence-corrected chi connectivity index (χ1v) is 10.3. The molecule has 0 aliphatic carbocycles. The van der Waals surface area contributed by atoms with Gasteiger partial charge in [-0.1, -0.05) is 23.7 Å². The van der Waals surface area contributed by atoms with E-state index < -0.39 is 11.7 Å². The van der Waals surface area contributed by atoms with Crippen LogP contribution in [-0.4, -0.2) is 12.5 Å². The highest BCUT2D eigenvalue weighted by molar-refractivity contribution is 6.32. The second-order valence-corrected chi connectivity index (χ2v) is 7.22. The number of hydrogen-bond acceptors (Lipinski definition) is 4. The van der Waals surface area contributed by atoms with Gasteiger partial charge >= 0.3 is 0 Å². The van der Waals surface area contributed by atoms with E-state index in [0.717, 1.165) is 0 Å². The van der Waals surface area contributed by atoms with E-state index >= 15 is 0 Å². The smallest absolute Gasteiger partial charge is 0.266 e. The van der Waals surface area contributed by atoms with Gasteiger partial charge in [0.1, 0.15) is 29.9 Å². The number of nitrogens with one attached hydrogen (secondary N) is 1. The Labute approximate surface area is 194 Å². The summed E-state index contributed by atoms with van der Waals surface area (Å²) in [5.74, 6) is -0.916. The Morgan fingerprint density at radius 3 is 2.52 bits per heavy atom. The Hall–Kier alpha value is -3.89. The fourth-order valence-corrected chi connectivity index (χ4v) is 3.18. The minimum Gasteiger partial charge on any atom is -0.490 e. The number of halogens is 3. The second-order valence-electron chi connectivity index (χ2n) is 6.81. The number of rotatable bonds is 8. The Bertz CT molecular complexity index is 1220. The number of hydrogen-bond donors (Lipinski definition) is 1. The van der Waals surface area contributed by atoms with E-state index in [1.54, 1.807) is 25.1 Å². The van der Waals surface area contributed by atoms with Gasteiger partial charge in [0, 0.05) is 5.69 Å². The predicted molar refractivity (Wildman–Crippen MR) is 122 cm³/mol. The summed E-state index contributed by atoms with van der Waals surface area (Å²) in [4.78, 5) is 12.5. The van der Waals surface area contributed by atoms with E-state index in [4.69, 9.17) is 21.1 Å². The molecule has 3 aromatic carbocycles. The maximum absolute atomic E-state index is 13.4. The molecule has 0 saturated carbocycles. The van der Waals surface area contributed by atoms with E-state index in [0.29, 0.717) is 29.2 Å². The van der Waals surface area contributed by atoms with Gasteiger partial charge in [-0.2, -0.15) is 5.26 Å². The van der Waals surface area contributed by atoms with Crippen LogP contribution >= 0.6 is 11.6 Å². The fourth-order valence-electron chi connectivity index (χ4n) is 2.90. The third-order valence-electron chi connectivity index (χ3n) is 4.38. The molecule has 0 fully saturated rings. The lowest BCUT2D eigenvalue weighted by Crippen LogP contribution is -2.13. The van der Waals surface area contributed by atoms with E-state index in [9.17, 15) is 18.8 Å². The summed E-state index contributed by atoms with van der Waals surface area (Å²) >= 11 is 6.39. The zero-order valence-corrected chi connectivity index (χ0v) is 18.3. The number of amides is 1. The van der Waals surface area contributed by atoms with Crippen molar-refractivity contribution in [2.45, 2.75) is 13.5 Å². The largest absolute Gasteiger partial charge is 0.490 e. The number of anilines is 1. The maximum atomic E-state index is 13.4. The van der Waals surface area contributed by atoms with Gasteiger partial charge in [-0.25, -0.2) is 8.78 Å². The minimum absolute atomic E-state index is 0.0657. The Balaban J connectivity index is 1.84. The van der Waals surface area contributed by atoms with Gasteiger partial charge in [0.15, 0.2) is 11.5 Å². The minimum atomic E-state index is -0.662. The van der Waals surface area contributed by atoms with Gasteiger partial charge in [0.25, 0.3) is 5.91 Å². The lowest BCUT2D eigenvalue weighted by molar-refractivity contribution is -0.112. The van der Waals surface area contributed by atoms with Gasteiger partial charge in [0.2, 0.25) is 0 Å². The molecule has 0 atom stereocenters. The maximum Gasteiger partial charge on any atom is 0.266 e. The Morgan fingerprint density at radius 2 is 1.85 bits per heavy atom. The third kappa shape index (κ3) is 6.55. The number of nitriles is 1. The van der Waals surface area contributed by atoms with Gasteiger partial charge in [-0.15, -0.1) is 0 Å². The van der Waals surface area contributed by atoms with Crippen molar-refractivity contribution in [3.05, 3.63) is 94.0 Å². The van der Waals surface area contributed by atoms with Crippen LogP contribution in [0.25, 0.3) is 6.08 Å². The predicted octanol–water partition coefficient (Wildman–Crippen LogP) is 6.14. The highest BCUT2D eigenvalue weighted by Gasteiger charge is 2.15. The quantitative estimate of drug-likeness (QED) is 0.318. The fraction of sp³-hybridized carbons (Fsp3) is 0.120. The van der Waals surface area contributed by atoms with Gasteiger partial charge < -0.3 is 14.8 Å². The van der Waals surface area contributed by atoms with Crippen molar-refractivity contribution in [2.24, 2.45) is 0 Å². The summed E-state index contributed by atoms with van der Waals surface area (Å²) in [6.07, 6.45) is 1.35. The molecule has 0 radical (unpaired) electrons. The molecule has 0 unspecified atom stereocenters. The number of carbonyl (C=O) groups excluding carboxylic acids is 1. The molecule has 0 saturated heterocycles. The average molecular weight is 469 g/mol. The molecular formula is C25H19ClF2N2O3. The van der Waals surface area contributed by atoms with Crippen LogP contribution in [0.15, 0.2) is 66.2 Å². The van der Waals surface area contributed by atoms with E-state index in [-0.39, 0.29) is 28.8 Å². The molecule has 33 heavy (non-hydrogen) atoms. The van der Waals surface area contributed by atoms with Crippen molar-refractivity contribution >= 4 is 29.3 Å². The van der Waals surface area contributed by atoms with Crippen molar-refractivity contribution in [3.8, 4) is 17.6 Å². The first-order chi connectivity index (χ1) is 15.9. The van der Waals surface area contributed by atoms with E-state index in [2.05, 4.69) is 5.32 Å². The molecule has 3 rings (SSSR count). The van der Waals surface area contributed by atoms with Crippen LogP contribution in [0.1, 0.15) is 18.1 Å². The zero-order valence-electron chi connectivity index (χ0n) is 17.6. The molecule has 1 amide bonds. The van der Waals surface area contributed by atoms with Crippen LogP contribution in [0.4, 0.5) is 14.5 Å². The number of carbonyl (C=O) groups is 1. The summed E-state index contributed by atoms with van der Waals surface area (Å²) in [5, 5.41) is 12.2. The van der Waals surface area contributed by atoms with Crippen LogP contribution in [0.3, 0.4) is 0 Å². The molecule has 0 aliphatic rings. The molecule has 168 valence electrons. The highest BCUT2D eigenvalue weighted by Crippen LogP contribution is 2.38. The number of nitrogens with zero attached hydrogens (tertiary/aromatic N) is 1. The van der Waals surface area contributed by atoms with Gasteiger partial charge in [-0.05, 0) is 72.7 Å². The summed E-state index contributed by atoms with van der Waals surface area (Å²) < 4.78 is 37.8. The van der Waals surface area contributed by atoms with Crippen molar-refractivity contribution < 1.29 is 23.0 Å². The SMILES string of the molecule is CCOc1cc(/C=C(\C#N)C(=O)Nc2ccc(F)cc2)cc(Cl)c1OCc1cccc(F)c1. The molecule has 0 bridgehead atoms. The van der Waals surface area contributed by atoms with Crippen molar-refractivity contribution in [1.29, 1.82) is 5.26 Å². The van der Waals surface area contributed by atoms with Crippen molar-refractivity contribution in [2.75, 3.05) is 11.9 Å². The molecule has 0 aromatic heterocycles. The molecular weight excluding hydrogens is 450 g/mol. The van der Waals surface area contributed by atoms with E-state index in [1.807, 2.05) is 6.07 Å². The number of benzene rings is 3. The standard InChI is InChI=1S/C25H19ClF2N2O3/c1-2-32-23-13-17(10-18(14-29)25(31)30-21-8-6-19(27)7-9-21)12-22(26)24(23)33-15-16-4-3-5-20(28)11-16/h3-13H,2,15H2,1H3,(H,30,31)/b18-10+. The van der Waals surface area contributed by atoms with Crippen LogP contribution in [0.5, 0.6) is 11.5 Å². The van der Waals surface area contributed by atoms with Crippen LogP contribution in [0, 0.1) is 23.0 Å². The molecule has 0 spiro atoms. The number of ether oxygens (including phenoxy) is 2.